The van der Waals surface area contributed by atoms with Crippen LogP contribution in [0.4, 0.5) is 0 Å². The number of nitrogens with one attached hydrogen (secondary N) is 1. The molecule has 8 nitrogen and oxygen atoms in total. The maximum atomic E-state index is 12.8. The van der Waals surface area contributed by atoms with Gasteiger partial charge in [0.1, 0.15) is 13.2 Å². The normalized spacial score (nSPS) is 14.7. The number of carbonyl (C=O) groups is 1. The summed E-state index contributed by atoms with van der Waals surface area (Å²) in [5.41, 5.74) is 0. The molecule has 0 aliphatic rings. The van der Waals surface area contributed by atoms with Crippen molar-refractivity contribution in [3.63, 3.8) is 0 Å². The first-order chi connectivity index (χ1) is 27.5. The Morgan fingerprint density at radius 3 is 1.49 bits per heavy atom. The lowest BCUT2D eigenvalue weighted by Gasteiger charge is -2.29. The number of phosphoric ester groups is 1. The number of aliphatic hydroxyl groups excluding tert-OH is 1. The van der Waals surface area contributed by atoms with Crippen molar-refractivity contribution in [2.45, 2.75) is 212 Å². The molecular formula is C48H91N2O6P. The average molecular weight is 823 g/mol. The van der Waals surface area contributed by atoms with E-state index in [0.717, 1.165) is 57.8 Å². The van der Waals surface area contributed by atoms with Gasteiger partial charge in [0.25, 0.3) is 7.82 Å². The molecule has 0 heterocycles. The van der Waals surface area contributed by atoms with Gasteiger partial charge in [0.15, 0.2) is 0 Å². The second kappa shape index (κ2) is 39.9. The number of phosphoric acid groups is 1. The van der Waals surface area contributed by atoms with Gasteiger partial charge >= 0.3 is 0 Å². The van der Waals surface area contributed by atoms with Crippen LogP contribution < -0.4 is 10.2 Å². The van der Waals surface area contributed by atoms with Crippen LogP contribution in [-0.4, -0.2) is 68.5 Å². The van der Waals surface area contributed by atoms with Gasteiger partial charge in [-0.2, -0.15) is 0 Å². The molecule has 1 amide bonds. The number of allylic oxidation sites excluding steroid dienone is 7. The van der Waals surface area contributed by atoms with Gasteiger partial charge in [-0.15, -0.1) is 0 Å². The molecule has 0 saturated carbocycles. The molecule has 0 aromatic rings. The largest absolute Gasteiger partial charge is 0.756 e. The Balaban J connectivity index is 3.97. The fraction of sp³-hybridized carbons (Fsp3) is 0.812. The van der Waals surface area contributed by atoms with Crippen LogP contribution in [0.3, 0.4) is 0 Å². The van der Waals surface area contributed by atoms with Crippen LogP contribution in [0, 0.1) is 0 Å². The van der Waals surface area contributed by atoms with Crippen molar-refractivity contribution in [3.05, 3.63) is 48.6 Å². The Morgan fingerprint density at radius 1 is 0.614 bits per heavy atom. The molecule has 0 aromatic heterocycles. The number of hydrogen-bond donors (Lipinski definition) is 2. The van der Waals surface area contributed by atoms with E-state index in [9.17, 15) is 19.4 Å². The number of aliphatic hydroxyl groups is 1. The van der Waals surface area contributed by atoms with Gasteiger partial charge in [-0.3, -0.25) is 9.36 Å². The van der Waals surface area contributed by atoms with E-state index in [1.54, 1.807) is 6.08 Å². The molecule has 57 heavy (non-hydrogen) atoms. The quantitative estimate of drug-likeness (QED) is 0.0275. The zero-order valence-electron chi connectivity index (χ0n) is 37.8. The van der Waals surface area contributed by atoms with E-state index in [0.29, 0.717) is 17.4 Å². The van der Waals surface area contributed by atoms with E-state index in [2.05, 4.69) is 55.6 Å². The van der Waals surface area contributed by atoms with Crippen molar-refractivity contribution in [2.24, 2.45) is 0 Å². The molecule has 0 spiro atoms. The van der Waals surface area contributed by atoms with Crippen molar-refractivity contribution in [3.8, 4) is 0 Å². The van der Waals surface area contributed by atoms with Gasteiger partial charge in [-0.1, -0.05) is 184 Å². The van der Waals surface area contributed by atoms with E-state index in [1.165, 1.54) is 122 Å². The molecule has 3 unspecified atom stereocenters. The van der Waals surface area contributed by atoms with E-state index in [4.69, 9.17) is 9.05 Å². The predicted molar refractivity (Wildman–Crippen MR) is 242 cm³/mol. The Hall–Kier alpha value is -1.54. The first-order valence-corrected chi connectivity index (χ1v) is 25.0. The van der Waals surface area contributed by atoms with E-state index in [-0.39, 0.29) is 19.1 Å². The zero-order chi connectivity index (χ0) is 42.1. The van der Waals surface area contributed by atoms with Crippen LogP contribution in [0.1, 0.15) is 200 Å². The predicted octanol–water partition coefficient (Wildman–Crippen LogP) is 12.6. The second-order valence-corrected chi connectivity index (χ2v) is 18.5. The minimum absolute atomic E-state index is 0.00260. The molecule has 0 rings (SSSR count). The number of carbonyl (C=O) groups excluding carboxylic acids is 1. The third-order valence-corrected chi connectivity index (χ3v) is 11.2. The standard InChI is InChI=1S/C48H91N2O6P/c1-6-8-10-12-14-15-16-17-18-19-20-21-22-23-24-25-26-27-28-29-30-31-32-33-34-35-36-38-40-42-48(52)49-46(47(51)41-39-37-13-11-9-7-2)45-56-57(53,54)55-44-43-50(3,4)5/h16-17,19-20,22-23,39,41,46-47,51H,6-15,18,21,24-38,40,42-45H2,1-5H3,(H-,49,52,53,54)/b17-16-,20-19-,23-22-,41-39+. The summed E-state index contributed by atoms with van der Waals surface area (Å²) < 4.78 is 23.0. The van der Waals surface area contributed by atoms with Crippen molar-refractivity contribution in [2.75, 3.05) is 40.9 Å². The summed E-state index contributed by atoms with van der Waals surface area (Å²) in [5.74, 6) is -0.205. The van der Waals surface area contributed by atoms with E-state index in [1.807, 2.05) is 27.2 Å². The molecule has 0 aliphatic carbocycles. The molecule has 0 aliphatic heterocycles. The van der Waals surface area contributed by atoms with Gasteiger partial charge in [0, 0.05) is 6.42 Å². The Labute approximate surface area is 352 Å². The molecule has 0 fully saturated rings. The van der Waals surface area contributed by atoms with E-state index < -0.39 is 20.0 Å². The lowest BCUT2D eigenvalue weighted by molar-refractivity contribution is -0.870. The Bertz CT molecular complexity index is 1070. The number of quaternary nitrogens is 1. The molecule has 0 saturated heterocycles. The highest BCUT2D eigenvalue weighted by Gasteiger charge is 2.23. The smallest absolute Gasteiger partial charge is 0.268 e. The van der Waals surface area contributed by atoms with Crippen LogP contribution in [0.5, 0.6) is 0 Å². The summed E-state index contributed by atoms with van der Waals surface area (Å²) in [6.07, 6.45) is 50.6. The summed E-state index contributed by atoms with van der Waals surface area (Å²) in [5, 5.41) is 13.6. The molecule has 3 atom stereocenters. The van der Waals surface area contributed by atoms with Gasteiger partial charge < -0.3 is 28.8 Å². The topological polar surface area (TPSA) is 108 Å². The SMILES string of the molecule is CCCCCC/C=C/C(O)C(COP(=O)([O-])OCC[N+](C)(C)C)NC(=O)CCCCCCCCCCCCCCCC/C=C\C/C=C\C/C=C\CCCCCCC. The highest BCUT2D eigenvalue weighted by molar-refractivity contribution is 7.45. The van der Waals surface area contributed by atoms with Crippen LogP contribution >= 0.6 is 7.82 Å². The maximum Gasteiger partial charge on any atom is 0.268 e. The van der Waals surface area contributed by atoms with Crippen LogP contribution in [-0.2, 0) is 18.4 Å². The van der Waals surface area contributed by atoms with Gasteiger partial charge in [0.2, 0.25) is 5.91 Å². The van der Waals surface area contributed by atoms with Gasteiger partial charge in [-0.05, 0) is 57.8 Å². The van der Waals surface area contributed by atoms with Crippen molar-refractivity contribution < 1.29 is 32.9 Å². The van der Waals surface area contributed by atoms with Crippen molar-refractivity contribution in [1.29, 1.82) is 0 Å². The number of nitrogens with zero attached hydrogens (tertiary/aromatic N) is 1. The Kier molecular flexibility index (Phi) is 38.8. The third-order valence-electron chi connectivity index (χ3n) is 10.3. The minimum Gasteiger partial charge on any atom is -0.756 e. The average Bonchev–Trinajstić information content (AvgIpc) is 3.16. The van der Waals surface area contributed by atoms with Crippen LogP contribution in [0.2, 0.25) is 0 Å². The number of amides is 1. The van der Waals surface area contributed by atoms with Crippen LogP contribution in [0.25, 0.3) is 0 Å². The monoisotopic (exact) mass is 823 g/mol. The molecule has 334 valence electrons. The summed E-state index contributed by atoms with van der Waals surface area (Å²) in [6.45, 7) is 4.54. The molecule has 2 N–H and O–H groups in total. The Morgan fingerprint density at radius 2 is 1.02 bits per heavy atom. The fourth-order valence-electron chi connectivity index (χ4n) is 6.51. The third kappa shape index (κ3) is 42.4. The molecule has 0 bridgehead atoms. The lowest BCUT2D eigenvalue weighted by atomic mass is 10.0. The number of likely N-dealkylation sites (N-methyl/N-ethyl adjacent to an activating group) is 1. The molecule has 9 heteroatoms. The molecule has 0 aromatic carbocycles. The summed E-state index contributed by atoms with van der Waals surface area (Å²) >= 11 is 0. The fourth-order valence-corrected chi connectivity index (χ4v) is 7.23. The van der Waals surface area contributed by atoms with Crippen molar-refractivity contribution in [1.82, 2.24) is 5.32 Å². The highest BCUT2D eigenvalue weighted by atomic mass is 31.2. The minimum atomic E-state index is -4.57. The lowest BCUT2D eigenvalue weighted by Crippen LogP contribution is -2.45. The summed E-state index contributed by atoms with van der Waals surface area (Å²) in [6, 6.07) is -0.883. The summed E-state index contributed by atoms with van der Waals surface area (Å²) in [4.78, 5) is 25.1. The summed E-state index contributed by atoms with van der Waals surface area (Å²) in [7, 11) is 1.25. The van der Waals surface area contributed by atoms with Crippen LogP contribution in [0.15, 0.2) is 48.6 Å². The van der Waals surface area contributed by atoms with E-state index >= 15 is 0 Å². The first-order valence-electron chi connectivity index (χ1n) is 23.5. The maximum absolute atomic E-state index is 12.8. The molecule has 0 radical (unpaired) electrons. The number of unbranched alkanes of at least 4 members (excludes halogenated alkanes) is 23. The number of rotatable bonds is 42. The number of hydrogen-bond acceptors (Lipinski definition) is 6. The van der Waals surface area contributed by atoms with Gasteiger partial charge in [-0.25, -0.2) is 0 Å². The zero-order valence-corrected chi connectivity index (χ0v) is 38.7. The first kappa shape index (κ1) is 55.5. The van der Waals surface area contributed by atoms with Crippen molar-refractivity contribution >= 4 is 13.7 Å². The van der Waals surface area contributed by atoms with Gasteiger partial charge in [0.05, 0.1) is 39.9 Å². The highest BCUT2D eigenvalue weighted by Crippen LogP contribution is 2.38. The second-order valence-electron chi connectivity index (χ2n) is 17.1. The molecular weight excluding hydrogens is 732 g/mol.